The molecule has 0 aliphatic rings. The predicted molar refractivity (Wildman–Crippen MR) is 116 cm³/mol. The van der Waals surface area contributed by atoms with E-state index >= 15 is 0 Å². The SMILES string of the molecule is CC(=O)Nc1cccc(SC(C)C(=O)n2c3ccccc3c3ccccc32)c1. The van der Waals surface area contributed by atoms with Crippen molar-refractivity contribution in [3.63, 3.8) is 0 Å². The molecule has 1 atom stereocenters. The Morgan fingerprint density at radius 1 is 0.893 bits per heavy atom. The lowest BCUT2D eigenvalue weighted by atomic mass is 10.2. The van der Waals surface area contributed by atoms with Crippen LogP contribution in [0.2, 0.25) is 0 Å². The van der Waals surface area contributed by atoms with Gasteiger partial charge in [0.25, 0.3) is 0 Å². The van der Waals surface area contributed by atoms with Crippen molar-refractivity contribution in [2.45, 2.75) is 24.0 Å². The molecule has 3 aromatic carbocycles. The molecule has 28 heavy (non-hydrogen) atoms. The quantitative estimate of drug-likeness (QED) is 0.465. The average Bonchev–Trinajstić information content (AvgIpc) is 3.01. The molecule has 5 heteroatoms. The zero-order chi connectivity index (χ0) is 19.7. The van der Waals surface area contributed by atoms with E-state index < -0.39 is 0 Å². The van der Waals surface area contributed by atoms with Crippen molar-refractivity contribution in [3.05, 3.63) is 72.8 Å². The number of nitrogens with one attached hydrogen (secondary N) is 1. The molecule has 1 unspecified atom stereocenters. The van der Waals surface area contributed by atoms with Crippen molar-refractivity contribution in [1.29, 1.82) is 0 Å². The lowest BCUT2D eigenvalue weighted by Crippen LogP contribution is -2.21. The maximum absolute atomic E-state index is 13.4. The summed E-state index contributed by atoms with van der Waals surface area (Å²) in [5, 5.41) is 4.66. The molecule has 0 fully saturated rings. The largest absolute Gasteiger partial charge is 0.326 e. The van der Waals surface area contributed by atoms with E-state index in [1.807, 2.05) is 72.2 Å². The molecule has 1 heterocycles. The van der Waals surface area contributed by atoms with Crippen LogP contribution in [0.4, 0.5) is 5.69 Å². The Morgan fingerprint density at radius 3 is 2.11 bits per heavy atom. The monoisotopic (exact) mass is 388 g/mol. The van der Waals surface area contributed by atoms with Crippen molar-refractivity contribution in [1.82, 2.24) is 4.57 Å². The lowest BCUT2D eigenvalue weighted by Gasteiger charge is -2.14. The minimum absolute atomic E-state index is 0.0346. The molecule has 0 saturated heterocycles. The summed E-state index contributed by atoms with van der Waals surface area (Å²) in [5.41, 5.74) is 2.58. The van der Waals surface area contributed by atoms with Crippen molar-refractivity contribution in [2.24, 2.45) is 0 Å². The van der Waals surface area contributed by atoms with E-state index in [-0.39, 0.29) is 17.1 Å². The Hall–Kier alpha value is -3.05. The fourth-order valence-electron chi connectivity index (χ4n) is 3.45. The highest BCUT2D eigenvalue weighted by Crippen LogP contribution is 2.32. The molecule has 1 N–H and O–H groups in total. The summed E-state index contributed by atoms with van der Waals surface area (Å²) in [6.45, 7) is 3.40. The van der Waals surface area contributed by atoms with E-state index in [1.165, 1.54) is 18.7 Å². The van der Waals surface area contributed by atoms with Gasteiger partial charge < -0.3 is 5.32 Å². The number of anilines is 1. The smallest absolute Gasteiger partial charge is 0.244 e. The normalized spacial score (nSPS) is 12.2. The van der Waals surface area contributed by atoms with Crippen molar-refractivity contribution >= 4 is 51.1 Å². The van der Waals surface area contributed by atoms with Crippen molar-refractivity contribution in [3.8, 4) is 0 Å². The molecular formula is C23H20N2O2S. The third-order valence-corrected chi connectivity index (χ3v) is 5.70. The molecule has 1 aromatic heterocycles. The van der Waals surface area contributed by atoms with Gasteiger partial charge in [-0.2, -0.15) is 0 Å². The number of aromatic nitrogens is 1. The summed E-state index contributed by atoms with van der Waals surface area (Å²) in [6.07, 6.45) is 0. The molecule has 1 amide bonds. The van der Waals surface area contributed by atoms with Crippen molar-refractivity contribution < 1.29 is 9.59 Å². The number of fused-ring (bicyclic) bond motifs is 3. The van der Waals surface area contributed by atoms with Gasteiger partial charge in [-0.25, -0.2) is 0 Å². The van der Waals surface area contributed by atoms with Crippen molar-refractivity contribution in [2.75, 3.05) is 5.32 Å². The Labute approximate surface area is 167 Å². The van der Waals surface area contributed by atoms with Gasteiger partial charge in [0.05, 0.1) is 16.3 Å². The van der Waals surface area contributed by atoms with Crippen LogP contribution in [0.3, 0.4) is 0 Å². The van der Waals surface area contributed by atoms with Crippen LogP contribution >= 0.6 is 11.8 Å². The number of carbonyl (C=O) groups is 2. The Balaban J connectivity index is 1.69. The third kappa shape index (κ3) is 3.41. The fraction of sp³-hybridized carbons (Fsp3) is 0.130. The van der Waals surface area contributed by atoms with E-state index in [1.54, 1.807) is 0 Å². The highest BCUT2D eigenvalue weighted by atomic mass is 32.2. The van der Waals surface area contributed by atoms with Crippen LogP contribution < -0.4 is 5.32 Å². The first-order valence-electron chi connectivity index (χ1n) is 9.11. The van der Waals surface area contributed by atoms with Gasteiger partial charge in [-0.3, -0.25) is 14.2 Å². The molecule has 4 nitrogen and oxygen atoms in total. The summed E-state index contributed by atoms with van der Waals surface area (Å²) in [7, 11) is 0. The number of amides is 1. The van der Waals surface area contributed by atoms with Gasteiger partial charge >= 0.3 is 0 Å². The third-order valence-electron chi connectivity index (χ3n) is 4.62. The molecule has 0 spiro atoms. The van der Waals surface area contributed by atoms with E-state index in [2.05, 4.69) is 17.4 Å². The van der Waals surface area contributed by atoms with Crippen LogP contribution in [0.1, 0.15) is 18.6 Å². The van der Waals surface area contributed by atoms with Crippen LogP contribution in [0.25, 0.3) is 21.8 Å². The number of hydrogen-bond acceptors (Lipinski definition) is 3. The lowest BCUT2D eigenvalue weighted by molar-refractivity contribution is -0.114. The topological polar surface area (TPSA) is 51.1 Å². The molecular weight excluding hydrogens is 368 g/mol. The molecule has 0 bridgehead atoms. The number of nitrogens with zero attached hydrogens (tertiary/aromatic N) is 1. The first-order chi connectivity index (χ1) is 13.5. The summed E-state index contributed by atoms with van der Waals surface area (Å²) >= 11 is 1.49. The second-order valence-corrected chi connectivity index (χ2v) is 8.09. The van der Waals surface area contributed by atoms with E-state index in [0.29, 0.717) is 0 Å². The summed E-state index contributed by atoms with van der Waals surface area (Å²) in [5.74, 6) is -0.0797. The highest BCUT2D eigenvalue weighted by molar-refractivity contribution is 8.00. The average molecular weight is 388 g/mol. The Kier molecular flexibility index (Phi) is 4.92. The van der Waals surface area contributed by atoms with Gasteiger partial charge in [-0.05, 0) is 37.3 Å². The zero-order valence-electron chi connectivity index (χ0n) is 15.7. The van der Waals surface area contributed by atoms with Crippen LogP contribution in [-0.4, -0.2) is 21.6 Å². The number of thioether (sulfide) groups is 1. The Bertz CT molecular complexity index is 1140. The van der Waals surface area contributed by atoms with E-state index in [4.69, 9.17) is 0 Å². The van der Waals surface area contributed by atoms with Crippen LogP contribution in [0.5, 0.6) is 0 Å². The van der Waals surface area contributed by atoms with E-state index in [0.717, 1.165) is 32.4 Å². The van der Waals surface area contributed by atoms with Gasteiger partial charge in [-0.1, -0.05) is 42.5 Å². The molecule has 0 saturated carbocycles. The number of rotatable bonds is 4. The van der Waals surface area contributed by atoms with Gasteiger partial charge in [0.15, 0.2) is 0 Å². The molecule has 0 aliphatic heterocycles. The molecule has 140 valence electrons. The van der Waals surface area contributed by atoms with Gasteiger partial charge in [0.2, 0.25) is 11.8 Å². The number of benzene rings is 3. The number of para-hydroxylation sites is 2. The molecule has 4 rings (SSSR count). The van der Waals surface area contributed by atoms with Crippen LogP contribution in [-0.2, 0) is 4.79 Å². The Morgan fingerprint density at radius 2 is 1.50 bits per heavy atom. The molecule has 4 aromatic rings. The first kappa shape index (κ1) is 18.3. The second-order valence-electron chi connectivity index (χ2n) is 6.68. The van der Waals surface area contributed by atoms with Gasteiger partial charge in [-0.15, -0.1) is 11.8 Å². The standard InChI is InChI=1S/C23H20N2O2S/c1-15(28-18-9-7-8-17(14-18)24-16(2)26)23(27)25-21-12-5-3-10-19(21)20-11-4-6-13-22(20)25/h3-15H,1-2H3,(H,24,26). The molecule has 0 radical (unpaired) electrons. The summed E-state index contributed by atoms with van der Waals surface area (Å²) in [6, 6.07) is 23.5. The van der Waals surface area contributed by atoms with Gasteiger partial charge in [0, 0.05) is 28.3 Å². The summed E-state index contributed by atoms with van der Waals surface area (Å²) in [4.78, 5) is 25.6. The maximum atomic E-state index is 13.4. The second kappa shape index (κ2) is 7.52. The van der Waals surface area contributed by atoms with Crippen LogP contribution in [0, 0.1) is 0 Å². The number of hydrogen-bond donors (Lipinski definition) is 1. The molecule has 0 aliphatic carbocycles. The first-order valence-corrected chi connectivity index (χ1v) is 9.99. The fourth-order valence-corrected chi connectivity index (χ4v) is 4.41. The minimum Gasteiger partial charge on any atom is -0.326 e. The highest BCUT2D eigenvalue weighted by Gasteiger charge is 2.21. The predicted octanol–water partition coefficient (Wildman–Crippen LogP) is 5.57. The van der Waals surface area contributed by atoms with E-state index in [9.17, 15) is 9.59 Å². The minimum atomic E-state index is -0.285. The summed E-state index contributed by atoms with van der Waals surface area (Å²) < 4.78 is 1.82. The van der Waals surface area contributed by atoms with Gasteiger partial charge in [0.1, 0.15) is 0 Å². The maximum Gasteiger partial charge on any atom is 0.244 e. The van der Waals surface area contributed by atoms with Crippen LogP contribution in [0.15, 0.2) is 77.7 Å². The number of carbonyl (C=O) groups excluding carboxylic acids is 2. The zero-order valence-corrected chi connectivity index (χ0v) is 16.5.